The normalized spacial score (nSPS) is 14.5. The maximum absolute atomic E-state index is 13.2. The van der Waals surface area contributed by atoms with E-state index in [0.717, 1.165) is 17.5 Å². The van der Waals surface area contributed by atoms with Crippen molar-refractivity contribution in [1.29, 1.82) is 0 Å². The van der Waals surface area contributed by atoms with Crippen molar-refractivity contribution in [3.63, 3.8) is 0 Å². The van der Waals surface area contributed by atoms with Crippen molar-refractivity contribution in [1.82, 2.24) is 0 Å². The maximum Gasteiger partial charge on any atom is 0.266 e. The smallest absolute Gasteiger partial charge is 0.266 e. The fourth-order valence-electron chi connectivity index (χ4n) is 3.44. The van der Waals surface area contributed by atoms with Gasteiger partial charge in [0.05, 0.1) is 16.8 Å². The van der Waals surface area contributed by atoms with Gasteiger partial charge in [0.25, 0.3) is 17.1 Å². The summed E-state index contributed by atoms with van der Waals surface area (Å²) in [6.07, 6.45) is 1.57. The van der Waals surface area contributed by atoms with Gasteiger partial charge in [-0.1, -0.05) is 45.0 Å². The molecule has 1 heterocycles. The first-order valence-corrected chi connectivity index (χ1v) is 9.13. The summed E-state index contributed by atoms with van der Waals surface area (Å²) in [4.78, 5) is 39.2. The lowest BCUT2D eigenvalue weighted by molar-refractivity contribution is 0.0922. The van der Waals surface area contributed by atoms with E-state index in [1.807, 2.05) is 25.1 Å². The second-order valence-corrected chi connectivity index (χ2v) is 6.81. The monoisotopic (exact) mass is 369 g/mol. The zero-order valence-corrected chi connectivity index (χ0v) is 15.8. The summed E-state index contributed by atoms with van der Waals surface area (Å²) in [5.41, 5.74) is 2.92. The summed E-state index contributed by atoms with van der Waals surface area (Å²) in [7, 11) is 0. The van der Waals surface area contributed by atoms with E-state index in [1.165, 1.54) is 11.0 Å². The lowest BCUT2D eigenvalue weighted by Crippen LogP contribution is -2.32. The first-order valence-electron chi connectivity index (χ1n) is 8.75. The predicted molar refractivity (Wildman–Crippen MR) is 102 cm³/mol. The largest absolute Gasteiger partial charge is 0.276 e. The molecule has 1 aliphatic rings. The Morgan fingerprint density at radius 2 is 1.77 bits per heavy atom. The Labute approximate surface area is 157 Å². The van der Waals surface area contributed by atoms with Gasteiger partial charge in [0.15, 0.2) is 0 Å². The van der Waals surface area contributed by atoms with Crippen molar-refractivity contribution in [2.75, 3.05) is 4.90 Å². The lowest BCUT2D eigenvalue weighted by Gasteiger charge is -2.24. The Hall–Kier alpha value is -2.46. The molecule has 4 nitrogen and oxygen atoms in total. The Balaban J connectivity index is 2.24. The molecule has 2 aromatic carbocycles. The van der Waals surface area contributed by atoms with Gasteiger partial charge in [0.1, 0.15) is 0 Å². The summed E-state index contributed by atoms with van der Waals surface area (Å²) in [6, 6.07) is 10.5. The number of aryl methyl sites for hydroxylation is 1. The van der Waals surface area contributed by atoms with Crippen LogP contribution in [-0.2, 0) is 6.42 Å². The predicted octanol–water partition coefficient (Wildman–Crippen LogP) is 4.94. The molecule has 0 saturated carbocycles. The third-order valence-electron chi connectivity index (χ3n) is 5.03. The molecule has 0 aromatic heterocycles. The molecule has 0 spiro atoms. The van der Waals surface area contributed by atoms with Gasteiger partial charge in [-0.2, -0.15) is 0 Å². The molecule has 26 heavy (non-hydrogen) atoms. The molecule has 3 rings (SSSR count). The first kappa shape index (κ1) is 18.3. The van der Waals surface area contributed by atoms with Gasteiger partial charge in [-0.05, 0) is 53.6 Å². The van der Waals surface area contributed by atoms with Crippen molar-refractivity contribution in [3.05, 3.63) is 64.2 Å². The minimum absolute atomic E-state index is 0.0732. The molecule has 0 saturated heterocycles. The van der Waals surface area contributed by atoms with Gasteiger partial charge < -0.3 is 0 Å². The van der Waals surface area contributed by atoms with Crippen molar-refractivity contribution in [2.24, 2.45) is 0 Å². The zero-order chi connectivity index (χ0) is 19.0. The Kier molecular flexibility index (Phi) is 4.97. The number of carbonyl (C=O) groups excluding carboxylic acids is 3. The highest BCUT2D eigenvalue weighted by molar-refractivity contribution is 6.68. The van der Waals surface area contributed by atoms with Crippen molar-refractivity contribution < 1.29 is 14.4 Å². The molecule has 134 valence electrons. The SMILES string of the molecule is CCc1cccc(C(C)CC)c1N1C(=O)c2cccc(C(=O)Cl)c2C1=O. The van der Waals surface area contributed by atoms with E-state index in [-0.39, 0.29) is 22.6 Å². The molecule has 0 fully saturated rings. The van der Waals surface area contributed by atoms with Gasteiger partial charge in [-0.15, -0.1) is 0 Å². The number of carbonyl (C=O) groups is 3. The highest BCUT2D eigenvalue weighted by Gasteiger charge is 2.41. The molecule has 0 aliphatic carbocycles. The van der Waals surface area contributed by atoms with Crippen LogP contribution in [0.4, 0.5) is 5.69 Å². The second kappa shape index (κ2) is 7.04. The fourth-order valence-corrected chi connectivity index (χ4v) is 3.60. The number of benzene rings is 2. The van der Waals surface area contributed by atoms with E-state index in [1.54, 1.807) is 12.1 Å². The summed E-state index contributed by atoms with van der Waals surface area (Å²) < 4.78 is 0. The number of para-hydroxylation sites is 1. The number of hydrogen-bond acceptors (Lipinski definition) is 3. The van der Waals surface area contributed by atoms with Gasteiger partial charge in [-0.3, -0.25) is 14.4 Å². The molecular formula is C21H20ClNO3. The summed E-state index contributed by atoms with van der Waals surface area (Å²) >= 11 is 5.64. The number of nitrogens with zero attached hydrogens (tertiary/aromatic N) is 1. The van der Waals surface area contributed by atoms with E-state index >= 15 is 0 Å². The molecule has 1 atom stereocenters. The lowest BCUT2D eigenvalue weighted by atomic mass is 9.92. The maximum atomic E-state index is 13.2. The van der Waals surface area contributed by atoms with Gasteiger partial charge in [0, 0.05) is 5.56 Å². The molecule has 1 aliphatic heterocycles. The minimum atomic E-state index is -0.740. The summed E-state index contributed by atoms with van der Waals surface area (Å²) in [6.45, 7) is 6.13. The van der Waals surface area contributed by atoms with Crippen LogP contribution in [0.2, 0.25) is 0 Å². The van der Waals surface area contributed by atoms with Crippen molar-refractivity contribution in [3.8, 4) is 0 Å². The van der Waals surface area contributed by atoms with E-state index in [9.17, 15) is 14.4 Å². The Morgan fingerprint density at radius 3 is 2.38 bits per heavy atom. The fraction of sp³-hybridized carbons (Fsp3) is 0.286. The van der Waals surface area contributed by atoms with Crippen LogP contribution in [-0.4, -0.2) is 17.1 Å². The van der Waals surface area contributed by atoms with Crippen LogP contribution in [0.3, 0.4) is 0 Å². The summed E-state index contributed by atoms with van der Waals surface area (Å²) in [5, 5.41) is -0.740. The topological polar surface area (TPSA) is 54.5 Å². The van der Waals surface area contributed by atoms with Crippen LogP contribution in [0.5, 0.6) is 0 Å². The van der Waals surface area contributed by atoms with Gasteiger partial charge in [0.2, 0.25) is 0 Å². The molecule has 0 bridgehead atoms. The number of rotatable bonds is 5. The van der Waals surface area contributed by atoms with Crippen LogP contribution in [0, 0.1) is 0 Å². The molecule has 0 radical (unpaired) electrons. The van der Waals surface area contributed by atoms with Gasteiger partial charge >= 0.3 is 0 Å². The van der Waals surface area contributed by atoms with Crippen LogP contribution in [0.1, 0.15) is 75.3 Å². The van der Waals surface area contributed by atoms with Gasteiger partial charge in [-0.25, -0.2) is 4.90 Å². The van der Waals surface area contributed by atoms with E-state index in [0.29, 0.717) is 12.1 Å². The highest BCUT2D eigenvalue weighted by atomic mass is 35.5. The van der Waals surface area contributed by atoms with Crippen LogP contribution < -0.4 is 4.90 Å². The highest BCUT2D eigenvalue weighted by Crippen LogP contribution is 2.38. The van der Waals surface area contributed by atoms with Crippen molar-refractivity contribution in [2.45, 2.75) is 39.5 Å². The van der Waals surface area contributed by atoms with Crippen molar-refractivity contribution >= 4 is 34.3 Å². The second-order valence-electron chi connectivity index (χ2n) is 6.47. The Bertz CT molecular complexity index is 919. The average Bonchev–Trinajstić information content (AvgIpc) is 2.91. The van der Waals surface area contributed by atoms with E-state index < -0.39 is 17.1 Å². The van der Waals surface area contributed by atoms with Crippen LogP contribution in [0.15, 0.2) is 36.4 Å². The summed E-state index contributed by atoms with van der Waals surface area (Å²) in [5.74, 6) is -0.704. The van der Waals surface area contributed by atoms with Crippen LogP contribution >= 0.6 is 11.6 Å². The standard InChI is InChI=1S/C21H20ClNO3/c1-4-12(3)14-9-6-8-13(5-2)18(14)23-20(25)16-11-7-10-15(19(22)24)17(16)21(23)26/h6-12H,4-5H2,1-3H3. The van der Waals surface area contributed by atoms with E-state index in [4.69, 9.17) is 11.6 Å². The number of amides is 2. The first-order chi connectivity index (χ1) is 12.4. The minimum Gasteiger partial charge on any atom is -0.276 e. The number of imide groups is 1. The third-order valence-corrected chi connectivity index (χ3v) is 5.23. The molecular weight excluding hydrogens is 350 g/mol. The number of hydrogen-bond donors (Lipinski definition) is 0. The quantitative estimate of drug-likeness (QED) is 0.554. The number of anilines is 1. The molecule has 1 unspecified atom stereocenters. The third kappa shape index (κ3) is 2.74. The average molecular weight is 370 g/mol. The molecule has 2 amide bonds. The molecule has 2 aromatic rings. The number of fused-ring (bicyclic) bond motifs is 1. The van der Waals surface area contributed by atoms with E-state index in [2.05, 4.69) is 13.8 Å². The van der Waals surface area contributed by atoms with Crippen LogP contribution in [0.25, 0.3) is 0 Å². The Morgan fingerprint density at radius 1 is 1.08 bits per heavy atom. The molecule has 5 heteroatoms. The molecule has 0 N–H and O–H groups in total. The number of halogens is 1. The zero-order valence-electron chi connectivity index (χ0n) is 15.0.